The van der Waals surface area contributed by atoms with E-state index in [1.807, 2.05) is 12.1 Å². The molecule has 6 nitrogen and oxygen atoms in total. The molecular formula is C16H18N2O4S2. The quantitative estimate of drug-likeness (QED) is 0.879. The molecule has 8 heteroatoms. The summed E-state index contributed by atoms with van der Waals surface area (Å²) in [7, 11) is -7.19. The molecule has 0 aliphatic carbocycles. The summed E-state index contributed by atoms with van der Waals surface area (Å²) < 4.78 is 50.3. The number of fused-ring (bicyclic) bond motifs is 1. The van der Waals surface area contributed by atoms with Crippen molar-refractivity contribution >= 4 is 25.5 Å². The highest BCUT2D eigenvalue weighted by Crippen LogP contribution is 2.31. The van der Waals surface area contributed by atoms with Gasteiger partial charge in [-0.15, -0.1) is 0 Å². The minimum absolute atomic E-state index is 0.0406. The molecule has 0 saturated carbocycles. The standard InChI is InChI=1S/C16H18N2O4S2/c1-23(19,20)14-6-8-15(9-7-14)24(21,22)18-11-13(17)10-12-4-2-3-5-16(12)18/h2-9,13H,10-11,17H2,1H3. The van der Waals surface area contributed by atoms with Crippen molar-refractivity contribution in [1.29, 1.82) is 0 Å². The van der Waals surface area contributed by atoms with Crippen molar-refractivity contribution in [2.45, 2.75) is 22.3 Å². The van der Waals surface area contributed by atoms with E-state index in [9.17, 15) is 16.8 Å². The monoisotopic (exact) mass is 366 g/mol. The summed E-state index contributed by atoms with van der Waals surface area (Å²) in [6, 6.07) is 12.2. The van der Waals surface area contributed by atoms with Crippen LogP contribution in [-0.4, -0.2) is 35.7 Å². The number of benzene rings is 2. The molecule has 1 aliphatic rings. The number of nitrogens with zero attached hydrogens (tertiary/aromatic N) is 1. The summed E-state index contributed by atoms with van der Waals surface area (Å²) >= 11 is 0. The van der Waals surface area contributed by atoms with Crippen molar-refractivity contribution in [2.75, 3.05) is 17.1 Å². The number of para-hydroxylation sites is 1. The van der Waals surface area contributed by atoms with Crippen molar-refractivity contribution in [3.8, 4) is 0 Å². The van der Waals surface area contributed by atoms with Gasteiger partial charge in [0.2, 0.25) is 0 Å². The molecule has 2 aromatic rings. The number of nitrogens with two attached hydrogens (primary N) is 1. The predicted octanol–water partition coefficient (Wildman–Crippen LogP) is 1.17. The van der Waals surface area contributed by atoms with Gasteiger partial charge in [0, 0.05) is 18.8 Å². The number of anilines is 1. The maximum Gasteiger partial charge on any atom is 0.264 e. The SMILES string of the molecule is CS(=O)(=O)c1ccc(S(=O)(=O)N2CC(N)Cc3ccccc32)cc1. The Morgan fingerprint density at radius 3 is 2.17 bits per heavy atom. The lowest BCUT2D eigenvalue weighted by Gasteiger charge is -2.33. The molecule has 24 heavy (non-hydrogen) atoms. The molecule has 0 fully saturated rings. The van der Waals surface area contributed by atoms with Crippen LogP contribution in [0.3, 0.4) is 0 Å². The van der Waals surface area contributed by atoms with E-state index < -0.39 is 19.9 Å². The summed E-state index contributed by atoms with van der Waals surface area (Å²) in [4.78, 5) is 0.121. The second-order valence-corrected chi connectivity index (χ2v) is 9.75. The zero-order valence-electron chi connectivity index (χ0n) is 13.1. The third kappa shape index (κ3) is 3.04. The highest BCUT2D eigenvalue weighted by molar-refractivity contribution is 7.93. The number of rotatable bonds is 3. The molecule has 1 aliphatic heterocycles. The zero-order chi connectivity index (χ0) is 17.5. The first kappa shape index (κ1) is 16.9. The minimum Gasteiger partial charge on any atom is -0.326 e. The van der Waals surface area contributed by atoms with Crippen LogP contribution in [0.2, 0.25) is 0 Å². The van der Waals surface area contributed by atoms with Gasteiger partial charge >= 0.3 is 0 Å². The Morgan fingerprint density at radius 2 is 1.54 bits per heavy atom. The van der Waals surface area contributed by atoms with Gasteiger partial charge in [-0.05, 0) is 42.3 Å². The predicted molar refractivity (Wildman–Crippen MR) is 92.2 cm³/mol. The van der Waals surface area contributed by atoms with Gasteiger partial charge in [-0.3, -0.25) is 4.31 Å². The third-order valence-corrected chi connectivity index (χ3v) is 6.91. The molecule has 0 aromatic heterocycles. The van der Waals surface area contributed by atoms with E-state index in [1.165, 1.54) is 28.6 Å². The molecule has 2 N–H and O–H groups in total. The number of sulfone groups is 1. The molecular weight excluding hydrogens is 348 g/mol. The number of hydrogen-bond donors (Lipinski definition) is 1. The van der Waals surface area contributed by atoms with Crippen molar-refractivity contribution in [3.05, 3.63) is 54.1 Å². The van der Waals surface area contributed by atoms with E-state index in [2.05, 4.69) is 0 Å². The Kier molecular flexibility index (Phi) is 4.15. The maximum atomic E-state index is 13.0. The highest BCUT2D eigenvalue weighted by atomic mass is 32.2. The lowest BCUT2D eigenvalue weighted by atomic mass is 10.0. The van der Waals surface area contributed by atoms with Crippen molar-refractivity contribution in [1.82, 2.24) is 0 Å². The molecule has 0 saturated heterocycles. The first-order chi connectivity index (χ1) is 11.2. The fraction of sp³-hybridized carbons (Fsp3) is 0.250. The van der Waals surface area contributed by atoms with Crippen LogP contribution in [0.25, 0.3) is 0 Å². The van der Waals surface area contributed by atoms with Gasteiger partial charge in [-0.25, -0.2) is 16.8 Å². The van der Waals surface area contributed by atoms with Gasteiger partial charge in [0.15, 0.2) is 9.84 Å². The Bertz CT molecular complexity index is 967. The summed E-state index contributed by atoms with van der Waals surface area (Å²) in [5.41, 5.74) is 7.51. The second kappa shape index (κ2) is 5.87. The van der Waals surface area contributed by atoms with Crippen LogP contribution in [0.4, 0.5) is 5.69 Å². The molecule has 0 spiro atoms. The van der Waals surface area contributed by atoms with Crippen LogP contribution in [0.5, 0.6) is 0 Å². The Labute approximate surface area is 141 Å². The summed E-state index contributed by atoms with van der Waals surface area (Å²) in [5.74, 6) is 0. The van der Waals surface area contributed by atoms with E-state index in [0.29, 0.717) is 12.1 Å². The Morgan fingerprint density at radius 1 is 0.958 bits per heavy atom. The van der Waals surface area contributed by atoms with Gasteiger partial charge in [-0.1, -0.05) is 18.2 Å². The van der Waals surface area contributed by atoms with Gasteiger partial charge in [0.1, 0.15) is 0 Å². The molecule has 1 heterocycles. The average molecular weight is 366 g/mol. The van der Waals surface area contributed by atoms with Crippen molar-refractivity contribution < 1.29 is 16.8 Å². The molecule has 1 unspecified atom stereocenters. The highest BCUT2D eigenvalue weighted by Gasteiger charge is 2.31. The Balaban J connectivity index is 2.05. The molecule has 0 amide bonds. The van der Waals surface area contributed by atoms with Crippen LogP contribution in [0.15, 0.2) is 58.3 Å². The van der Waals surface area contributed by atoms with Crippen molar-refractivity contribution in [3.63, 3.8) is 0 Å². The van der Waals surface area contributed by atoms with Crippen LogP contribution < -0.4 is 10.0 Å². The zero-order valence-corrected chi connectivity index (χ0v) is 14.7. The summed E-state index contributed by atoms with van der Waals surface area (Å²) in [5, 5.41) is 0. The molecule has 0 bridgehead atoms. The van der Waals surface area contributed by atoms with Crippen LogP contribution in [0, 0.1) is 0 Å². The summed E-state index contributed by atoms with van der Waals surface area (Å²) in [6.45, 7) is 0.188. The van der Waals surface area contributed by atoms with Crippen LogP contribution >= 0.6 is 0 Å². The van der Waals surface area contributed by atoms with E-state index >= 15 is 0 Å². The summed E-state index contributed by atoms with van der Waals surface area (Å²) in [6.07, 6.45) is 1.70. The fourth-order valence-corrected chi connectivity index (χ4v) is 4.99. The molecule has 0 radical (unpaired) electrons. The average Bonchev–Trinajstić information content (AvgIpc) is 2.53. The first-order valence-electron chi connectivity index (χ1n) is 7.36. The first-order valence-corrected chi connectivity index (χ1v) is 10.7. The van der Waals surface area contributed by atoms with Gasteiger partial charge < -0.3 is 5.73 Å². The minimum atomic E-state index is -3.81. The van der Waals surface area contributed by atoms with Crippen LogP contribution in [-0.2, 0) is 26.3 Å². The second-order valence-electron chi connectivity index (χ2n) is 5.87. The molecule has 128 valence electrons. The molecule has 3 rings (SSSR count). The lowest BCUT2D eigenvalue weighted by molar-refractivity contribution is 0.575. The van der Waals surface area contributed by atoms with Gasteiger partial charge in [0.25, 0.3) is 10.0 Å². The largest absolute Gasteiger partial charge is 0.326 e. The van der Waals surface area contributed by atoms with E-state index in [-0.39, 0.29) is 22.4 Å². The molecule has 1 atom stereocenters. The van der Waals surface area contributed by atoms with Crippen molar-refractivity contribution in [2.24, 2.45) is 5.73 Å². The van der Waals surface area contributed by atoms with Crippen LogP contribution in [0.1, 0.15) is 5.56 Å². The van der Waals surface area contributed by atoms with Gasteiger partial charge in [0.05, 0.1) is 15.5 Å². The normalized spacial score (nSPS) is 18.2. The van der Waals surface area contributed by atoms with E-state index in [1.54, 1.807) is 12.1 Å². The van der Waals surface area contributed by atoms with E-state index in [0.717, 1.165) is 11.8 Å². The Hall–Kier alpha value is -1.90. The molecule has 2 aromatic carbocycles. The lowest BCUT2D eigenvalue weighted by Crippen LogP contribution is -2.46. The third-order valence-electron chi connectivity index (χ3n) is 3.98. The van der Waals surface area contributed by atoms with E-state index in [4.69, 9.17) is 5.73 Å². The number of sulfonamides is 1. The fourth-order valence-electron chi connectivity index (χ4n) is 2.80. The van der Waals surface area contributed by atoms with Gasteiger partial charge in [-0.2, -0.15) is 0 Å². The topological polar surface area (TPSA) is 97.5 Å². The maximum absolute atomic E-state index is 13.0. The number of hydrogen-bond acceptors (Lipinski definition) is 5. The smallest absolute Gasteiger partial charge is 0.264 e.